The molecule has 0 bridgehead atoms. The molecule has 1 amide bonds. The van der Waals surface area contributed by atoms with Crippen LogP contribution >= 0.6 is 0 Å². The summed E-state index contributed by atoms with van der Waals surface area (Å²) in [5.41, 5.74) is 0.748. The SMILES string of the molecule is O=C(CNCC1CC1)NCCc1ccccc1[N+](=O)[O-]. The summed E-state index contributed by atoms with van der Waals surface area (Å²) in [6.07, 6.45) is 2.98. The highest BCUT2D eigenvalue weighted by Crippen LogP contribution is 2.27. The molecule has 1 fully saturated rings. The number of nitro groups is 1. The number of amides is 1. The van der Waals surface area contributed by atoms with Crippen LogP contribution in [0.2, 0.25) is 0 Å². The van der Waals surface area contributed by atoms with Crippen molar-refractivity contribution in [3.05, 3.63) is 39.9 Å². The normalized spacial score (nSPS) is 14.0. The molecule has 0 saturated heterocycles. The number of carbonyl (C=O) groups excluding carboxylic acids is 1. The van der Waals surface area contributed by atoms with Crippen LogP contribution < -0.4 is 10.6 Å². The quantitative estimate of drug-likeness (QED) is 0.553. The molecule has 0 radical (unpaired) electrons. The average Bonchev–Trinajstić information content (AvgIpc) is 3.23. The Bertz CT molecular complexity index is 486. The predicted octanol–water partition coefficient (Wildman–Crippen LogP) is 1.25. The minimum Gasteiger partial charge on any atom is -0.355 e. The van der Waals surface area contributed by atoms with Crippen molar-refractivity contribution < 1.29 is 9.72 Å². The minimum absolute atomic E-state index is 0.0655. The van der Waals surface area contributed by atoms with Gasteiger partial charge >= 0.3 is 0 Å². The van der Waals surface area contributed by atoms with Crippen LogP contribution in [0.4, 0.5) is 5.69 Å². The standard InChI is InChI=1S/C14H19N3O3/c18-14(10-15-9-11-5-6-11)16-8-7-12-3-1-2-4-13(12)17(19)20/h1-4,11,15H,5-10H2,(H,16,18). The molecule has 6 nitrogen and oxygen atoms in total. The van der Waals surface area contributed by atoms with Gasteiger partial charge in [0.15, 0.2) is 0 Å². The molecule has 1 saturated carbocycles. The molecular formula is C14H19N3O3. The first kappa shape index (κ1) is 14.5. The number of nitrogens with one attached hydrogen (secondary N) is 2. The Morgan fingerprint density at radius 2 is 2.10 bits per heavy atom. The van der Waals surface area contributed by atoms with Crippen molar-refractivity contribution in [3.8, 4) is 0 Å². The van der Waals surface area contributed by atoms with Gasteiger partial charge in [0.05, 0.1) is 11.5 Å². The number of hydrogen-bond donors (Lipinski definition) is 2. The molecule has 2 rings (SSSR count). The van der Waals surface area contributed by atoms with Gasteiger partial charge in [-0.05, 0) is 31.7 Å². The second-order valence-electron chi connectivity index (χ2n) is 5.06. The minimum atomic E-state index is -0.394. The van der Waals surface area contributed by atoms with Crippen molar-refractivity contribution in [1.29, 1.82) is 0 Å². The third kappa shape index (κ3) is 4.62. The Morgan fingerprint density at radius 1 is 1.35 bits per heavy atom. The number of rotatable bonds is 8. The Labute approximate surface area is 117 Å². The molecule has 0 unspecified atom stereocenters. The van der Waals surface area contributed by atoms with Gasteiger partial charge < -0.3 is 10.6 Å². The van der Waals surface area contributed by atoms with Gasteiger partial charge in [0, 0.05) is 18.2 Å². The Kier molecular flexibility index (Phi) is 5.06. The van der Waals surface area contributed by atoms with E-state index in [1.54, 1.807) is 18.2 Å². The lowest BCUT2D eigenvalue weighted by Gasteiger charge is -2.06. The van der Waals surface area contributed by atoms with Crippen molar-refractivity contribution >= 4 is 11.6 Å². The van der Waals surface area contributed by atoms with Gasteiger partial charge in [0.25, 0.3) is 5.69 Å². The molecule has 108 valence electrons. The van der Waals surface area contributed by atoms with Crippen molar-refractivity contribution in [3.63, 3.8) is 0 Å². The number of nitrogens with zero attached hydrogens (tertiary/aromatic N) is 1. The summed E-state index contributed by atoms with van der Waals surface area (Å²) in [6.45, 7) is 1.62. The second-order valence-corrected chi connectivity index (χ2v) is 5.06. The van der Waals surface area contributed by atoms with Gasteiger partial charge in [-0.15, -0.1) is 0 Å². The zero-order chi connectivity index (χ0) is 14.4. The zero-order valence-corrected chi connectivity index (χ0v) is 11.3. The van der Waals surface area contributed by atoms with E-state index in [2.05, 4.69) is 10.6 Å². The lowest BCUT2D eigenvalue weighted by Crippen LogP contribution is -2.35. The first-order valence-corrected chi connectivity index (χ1v) is 6.86. The molecular weight excluding hydrogens is 258 g/mol. The fourth-order valence-electron chi connectivity index (χ4n) is 2.01. The van der Waals surface area contributed by atoms with E-state index < -0.39 is 4.92 Å². The molecule has 0 heterocycles. The van der Waals surface area contributed by atoms with Crippen molar-refractivity contribution in [2.75, 3.05) is 19.6 Å². The van der Waals surface area contributed by atoms with Crippen LogP contribution in [0.3, 0.4) is 0 Å². The molecule has 1 aliphatic carbocycles. The van der Waals surface area contributed by atoms with Crippen LogP contribution in [-0.2, 0) is 11.2 Å². The summed E-state index contributed by atoms with van der Waals surface area (Å²) in [7, 11) is 0. The predicted molar refractivity (Wildman–Crippen MR) is 75.4 cm³/mol. The molecule has 1 aliphatic rings. The van der Waals surface area contributed by atoms with E-state index in [1.165, 1.54) is 18.9 Å². The van der Waals surface area contributed by atoms with Crippen LogP contribution in [0.5, 0.6) is 0 Å². The summed E-state index contributed by atoms with van der Waals surface area (Å²) in [6, 6.07) is 6.60. The van der Waals surface area contributed by atoms with E-state index in [4.69, 9.17) is 0 Å². The fraction of sp³-hybridized carbons (Fsp3) is 0.500. The van der Waals surface area contributed by atoms with E-state index in [0.29, 0.717) is 25.1 Å². The van der Waals surface area contributed by atoms with Crippen LogP contribution in [-0.4, -0.2) is 30.5 Å². The number of benzene rings is 1. The summed E-state index contributed by atoms with van der Waals surface area (Å²) in [4.78, 5) is 22.0. The number of carbonyl (C=O) groups is 1. The van der Waals surface area contributed by atoms with Gasteiger partial charge in [-0.3, -0.25) is 14.9 Å². The van der Waals surface area contributed by atoms with Gasteiger partial charge in [-0.2, -0.15) is 0 Å². The Morgan fingerprint density at radius 3 is 2.80 bits per heavy atom. The molecule has 1 aromatic carbocycles. The molecule has 1 aromatic rings. The highest BCUT2D eigenvalue weighted by atomic mass is 16.6. The third-order valence-electron chi connectivity index (χ3n) is 3.32. The second kappa shape index (κ2) is 7.00. The lowest BCUT2D eigenvalue weighted by atomic mass is 10.1. The largest absolute Gasteiger partial charge is 0.355 e. The third-order valence-corrected chi connectivity index (χ3v) is 3.32. The number of nitro benzene ring substituents is 1. The maximum Gasteiger partial charge on any atom is 0.272 e. The van der Waals surface area contributed by atoms with Crippen molar-refractivity contribution in [2.45, 2.75) is 19.3 Å². The summed E-state index contributed by atoms with van der Waals surface area (Å²) < 4.78 is 0. The van der Waals surface area contributed by atoms with E-state index >= 15 is 0 Å². The fourth-order valence-corrected chi connectivity index (χ4v) is 2.01. The van der Waals surface area contributed by atoms with Gasteiger partial charge in [-0.25, -0.2) is 0 Å². The van der Waals surface area contributed by atoms with Gasteiger partial charge in [0.2, 0.25) is 5.91 Å². The van der Waals surface area contributed by atoms with Gasteiger partial charge in [-0.1, -0.05) is 18.2 Å². The van der Waals surface area contributed by atoms with Crippen molar-refractivity contribution in [1.82, 2.24) is 10.6 Å². The highest BCUT2D eigenvalue weighted by molar-refractivity contribution is 5.77. The molecule has 6 heteroatoms. The smallest absolute Gasteiger partial charge is 0.272 e. The first-order valence-electron chi connectivity index (χ1n) is 6.86. The van der Waals surface area contributed by atoms with E-state index in [0.717, 1.165) is 12.5 Å². The van der Waals surface area contributed by atoms with E-state index in [1.807, 2.05) is 0 Å². The topological polar surface area (TPSA) is 84.3 Å². The summed E-state index contributed by atoms with van der Waals surface area (Å²) in [5, 5.41) is 16.7. The maximum absolute atomic E-state index is 11.5. The Hall–Kier alpha value is -1.95. The van der Waals surface area contributed by atoms with Crippen LogP contribution in [0, 0.1) is 16.0 Å². The maximum atomic E-state index is 11.5. The van der Waals surface area contributed by atoms with Crippen LogP contribution in [0.25, 0.3) is 0 Å². The lowest BCUT2D eigenvalue weighted by molar-refractivity contribution is -0.385. The van der Waals surface area contributed by atoms with Crippen molar-refractivity contribution in [2.24, 2.45) is 5.92 Å². The Balaban J connectivity index is 1.69. The molecule has 0 atom stereocenters. The molecule has 20 heavy (non-hydrogen) atoms. The zero-order valence-electron chi connectivity index (χ0n) is 11.3. The number of hydrogen-bond acceptors (Lipinski definition) is 4. The summed E-state index contributed by atoms with van der Waals surface area (Å²) in [5.74, 6) is 0.680. The average molecular weight is 277 g/mol. The molecule has 2 N–H and O–H groups in total. The highest BCUT2D eigenvalue weighted by Gasteiger charge is 2.20. The molecule has 0 aromatic heterocycles. The number of para-hydroxylation sites is 1. The summed E-state index contributed by atoms with van der Waals surface area (Å²) >= 11 is 0. The molecule has 0 spiro atoms. The van der Waals surface area contributed by atoms with Crippen LogP contribution in [0.15, 0.2) is 24.3 Å². The molecule has 0 aliphatic heterocycles. The van der Waals surface area contributed by atoms with E-state index in [9.17, 15) is 14.9 Å². The van der Waals surface area contributed by atoms with E-state index in [-0.39, 0.29) is 11.6 Å². The first-order chi connectivity index (χ1) is 9.66. The monoisotopic (exact) mass is 277 g/mol. The van der Waals surface area contributed by atoms with Gasteiger partial charge in [0.1, 0.15) is 0 Å². The van der Waals surface area contributed by atoms with Crippen LogP contribution in [0.1, 0.15) is 18.4 Å².